The molecule has 0 spiro atoms. The molecule has 0 aliphatic carbocycles. The van der Waals surface area contributed by atoms with Crippen LogP contribution in [-0.4, -0.2) is 34.1 Å². The van der Waals surface area contributed by atoms with E-state index < -0.39 is 26.6 Å². The third kappa shape index (κ3) is 3.99. The second kappa shape index (κ2) is 6.29. The molecule has 112 valence electrons. The number of sulfonamides is 1. The van der Waals surface area contributed by atoms with Crippen LogP contribution in [-0.2, 0) is 14.8 Å². The lowest BCUT2D eigenvalue weighted by atomic mass is 10.1. The van der Waals surface area contributed by atoms with Crippen LogP contribution in [0.25, 0.3) is 0 Å². The van der Waals surface area contributed by atoms with Crippen LogP contribution in [0.4, 0.5) is 4.39 Å². The maximum absolute atomic E-state index is 13.5. The molecule has 20 heavy (non-hydrogen) atoms. The van der Waals surface area contributed by atoms with Gasteiger partial charge in [-0.05, 0) is 31.5 Å². The van der Waals surface area contributed by atoms with Gasteiger partial charge in [-0.1, -0.05) is 0 Å². The van der Waals surface area contributed by atoms with E-state index in [0.29, 0.717) is 0 Å². The molecule has 1 unspecified atom stereocenters. The smallest absolute Gasteiger partial charge is 0.251 e. The molecule has 6 nitrogen and oxygen atoms in total. The van der Waals surface area contributed by atoms with Gasteiger partial charge in [0, 0.05) is 18.7 Å². The van der Waals surface area contributed by atoms with E-state index in [2.05, 4.69) is 5.32 Å². The Balaban J connectivity index is 3.19. The number of benzene rings is 1. The zero-order valence-electron chi connectivity index (χ0n) is 11.4. The Hall–Kier alpha value is -1.51. The molecule has 0 heterocycles. The third-order valence-electron chi connectivity index (χ3n) is 2.67. The molecule has 0 radical (unpaired) electrons. The first-order valence-corrected chi connectivity index (χ1v) is 7.34. The molecule has 8 heteroatoms. The van der Waals surface area contributed by atoms with Crippen molar-refractivity contribution < 1.29 is 22.3 Å². The van der Waals surface area contributed by atoms with E-state index in [1.165, 1.54) is 14.0 Å². The van der Waals surface area contributed by atoms with Crippen molar-refractivity contribution in [3.63, 3.8) is 0 Å². The van der Waals surface area contributed by atoms with Gasteiger partial charge in [0.15, 0.2) is 0 Å². The molecular formula is C12H17FN2O4S. The van der Waals surface area contributed by atoms with E-state index in [9.17, 15) is 17.6 Å². The Labute approximate surface area is 117 Å². The normalized spacial score (nSPS) is 13.1. The molecule has 0 aliphatic rings. The number of ether oxygens (including phenoxy) is 1. The largest absolute Gasteiger partial charge is 0.383 e. The molecule has 1 rings (SSSR count). The van der Waals surface area contributed by atoms with Gasteiger partial charge < -0.3 is 10.1 Å². The summed E-state index contributed by atoms with van der Waals surface area (Å²) in [7, 11) is -2.61. The van der Waals surface area contributed by atoms with Crippen LogP contribution in [0, 0.1) is 12.7 Å². The summed E-state index contributed by atoms with van der Waals surface area (Å²) in [5.41, 5.74) is 0.0352. The average Bonchev–Trinajstić information content (AvgIpc) is 2.30. The molecule has 1 aromatic rings. The molecule has 1 amide bonds. The highest BCUT2D eigenvalue weighted by Gasteiger charge is 2.20. The van der Waals surface area contributed by atoms with Crippen LogP contribution < -0.4 is 10.5 Å². The number of hydrogen-bond acceptors (Lipinski definition) is 4. The minimum Gasteiger partial charge on any atom is -0.383 e. The van der Waals surface area contributed by atoms with Gasteiger partial charge in [0.05, 0.1) is 11.5 Å². The highest BCUT2D eigenvalue weighted by molar-refractivity contribution is 7.89. The molecule has 3 N–H and O–H groups in total. The molecule has 1 atom stereocenters. The fourth-order valence-electron chi connectivity index (χ4n) is 1.78. The van der Waals surface area contributed by atoms with E-state index >= 15 is 0 Å². The maximum Gasteiger partial charge on any atom is 0.251 e. The molecule has 0 aliphatic heterocycles. The quantitative estimate of drug-likeness (QED) is 0.829. The van der Waals surface area contributed by atoms with Crippen molar-refractivity contribution in [2.45, 2.75) is 24.8 Å². The fraction of sp³-hybridized carbons (Fsp3) is 0.417. The summed E-state index contributed by atoms with van der Waals surface area (Å²) in [6, 6.07) is 1.46. The van der Waals surface area contributed by atoms with Crippen molar-refractivity contribution in [2.75, 3.05) is 13.7 Å². The second-order valence-electron chi connectivity index (χ2n) is 4.45. The first-order valence-electron chi connectivity index (χ1n) is 5.79. The number of nitrogens with two attached hydrogens (primary N) is 1. The highest BCUT2D eigenvalue weighted by Crippen LogP contribution is 2.20. The monoisotopic (exact) mass is 304 g/mol. The molecular weight excluding hydrogens is 287 g/mol. The summed E-state index contributed by atoms with van der Waals surface area (Å²) in [5, 5.41) is 7.58. The average molecular weight is 304 g/mol. The van der Waals surface area contributed by atoms with E-state index in [1.807, 2.05) is 0 Å². The van der Waals surface area contributed by atoms with Crippen molar-refractivity contribution in [3.05, 3.63) is 29.1 Å². The van der Waals surface area contributed by atoms with Gasteiger partial charge in [-0.2, -0.15) is 0 Å². The van der Waals surface area contributed by atoms with Crippen molar-refractivity contribution in [2.24, 2.45) is 5.14 Å². The molecule has 0 saturated heterocycles. The van der Waals surface area contributed by atoms with Crippen LogP contribution in [0.15, 0.2) is 17.0 Å². The summed E-state index contributed by atoms with van der Waals surface area (Å²) in [5.74, 6) is -1.43. The Morgan fingerprint density at radius 1 is 1.50 bits per heavy atom. The summed E-state index contributed by atoms with van der Waals surface area (Å²) < 4.78 is 41.1. The van der Waals surface area contributed by atoms with Crippen molar-refractivity contribution in [1.29, 1.82) is 0 Å². The molecule has 0 bridgehead atoms. The number of primary sulfonamides is 1. The Bertz CT molecular complexity index is 616. The number of halogens is 1. The van der Waals surface area contributed by atoms with Gasteiger partial charge in [-0.25, -0.2) is 17.9 Å². The predicted octanol–water partition coefficient (Wildman–Crippen LogP) is 0.546. The van der Waals surface area contributed by atoms with Crippen LogP contribution in [0.5, 0.6) is 0 Å². The molecule has 0 aromatic heterocycles. The number of carbonyl (C=O) groups excluding carboxylic acids is 1. The van der Waals surface area contributed by atoms with Crippen LogP contribution in [0.1, 0.15) is 22.8 Å². The molecule has 1 aromatic carbocycles. The van der Waals surface area contributed by atoms with E-state index in [1.54, 1.807) is 6.92 Å². The third-order valence-corrected chi connectivity index (χ3v) is 3.71. The zero-order valence-corrected chi connectivity index (χ0v) is 12.3. The Morgan fingerprint density at radius 3 is 2.60 bits per heavy atom. The van der Waals surface area contributed by atoms with Gasteiger partial charge in [0.25, 0.3) is 5.91 Å². The van der Waals surface area contributed by atoms with Gasteiger partial charge in [-0.3, -0.25) is 4.79 Å². The second-order valence-corrected chi connectivity index (χ2v) is 5.98. The Kier molecular flexibility index (Phi) is 5.21. The standard InChI is InChI=1S/C12H17FN2O4S/c1-7(6-19-3)15-12(16)10-4-9(13)5-11(8(10)2)20(14,17)18/h4-5,7H,6H2,1-3H3,(H,15,16)(H2,14,17,18). The number of hydrogen-bond donors (Lipinski definition) is 2. The minimum atomic E-state index is -4.10. The van der Waals surface area contributed by atoms with Crippen molar-refractivity contribution in [1.82, 2.24) is 5.32 Å². The van der Waals surface area contributed by atoms with Crippen molar-refractivity contribution >= 4 is 15.9 Å². The van der Waals surface area contributed by atoms with Crippen LogP contribution >= 0.6 is 0 Å². The lowest BCUT2D eigenvalue weighted by molar-refractivity contribution is 0.0904. The fourth-order valence-corrected chi connectivity index (χ4v) is 2.59. The predicted molar refractivity (Wildman–Crippen MR) is 71.3 cm³/mol. The summed E-state index contributed by atoms with van der Waals surface area (Å²) in [4.78, 5) is 11.6. The van der Waals surface area contributed by atoms with Crippen LogP contribution in [0.3, 0.4) is 0 Å². The first kappa shape index (κ1) is 16.5. The van der Waals surface area contributed by atoms with Gasteiger partial charge in [0.1, 0.15) is 5.82 Å². The number of methoxy groups -OCH3 is 1. The maximum atomic E-state index is 13.5. The van der Waals surface area contributed by atoms with Crippen LogP contribution in [0.2, 0.25) is 0 Å². The molecule has 0 fully saturated rings. The summed E-state index contributed by atoms with van der Waals surface area (Å²) in [6.07, 6.45) is 0. The van der Waals surface area contributed by atoms with Gasteiger partial charge >= 0.3 is 0 Å². The van der Waals surface area contributed by atoms with E-state index in [0.717, 1.165) is 12.1 Å². The number of carbonyl (C=O) groups is 1. The number of amides is 1. The number of rotatable bonds is 5. The first-order chi connectivity index (χ1) is 9.16. The minimum absolute atomic E-state index is 0.0722. The molecule has 0 saturated carbocycles. The lowest BCUT2D eigenvalue weighted by Crippen LogP contribution is -2.36. The SMILES string of the molecule is COCC(C)NC(=O)c1cc(F)cc(S(N)(=O)=O)c1C. The van der Waals surface area contributed by atoms with Gasteiger partial charge in [0.2, 0.25) is 10.0 Å². The van der Waals surface area contributed by atoms with E-state index in [-0.39, 0.29) is 23.8 Å². The van der Waals surface area contributed by atoms with E-state index in [4.69, 9.17) is 9.88 Å². The number of nitrogens with one attached hydrogen (secondary N) is 1. The summed E-state index contributed by atoms with van der Waals surface area (Å²) >= 11 is 0. The lowest BCUT2D eigenvalue weighted by Gasteiger charge is -2.15. The van der Waals surface area contributed by atoms with Gasteiger partial charge in [-0.15, -0.1) is 0 Å². The Morgan fingerprint density at radius 2 is 2.10 bits per heavy atom. The zero-order chi connectivity index (χ0) is 15.5. The van der Waals surface area contributed by atoms with Crippen molar-refractivity contribution in [3.8, 4) is 0 Å². The topological polar surface area (TPSA) is 98.5 Å². The summed E-state index contributed by atoms with van der Waals surface area (Å²) in [6.45, 7) is 3.38. The highest BCUT2D eigenvalue weighted by atomic mass is 32.2.